The van der Waals surface area contributed by atoms with Crippen molar-refractivity contribution in [2.75, 3.05) is 33.8 Å². The minimum absolute atomic E-state index is 0.274. The third-order valence-corrected chi connectivity index (χ3v) is 5.10. The first kappa shape index (κ1) is 22.2. The Kier molecular flexibility index (Phi) is 6.86. The highest BCUT2D eigenvalue weighted by atomic mass is 32.1. The molecule has 0 bridgehead atoms. The molecule has 1 amide bonds. The summed E-state index contributed by atoms with van der Waals surface area (Å²) in [5.74, 6) is 1.86. The summed E-state index contributed by atoms with van der Waals surface area (Å²) in [5.41, 5.74) is 2.51. The second-order valence-corrected chi connectivity index (χ2v) is 7.12. The summed E-state index contributed by atoms with van der Waals surface area (Å²) < 4.78 is 21.5. The molecule has 3 N–H and O–H groups in total. The molecule has 2 aromatic rings. The number of benzene rings is 2. The number of allylic oxidation sites excluding steroid dienone is 1. The van der Waals surface area contributed by atoms with Crippen molar-refractivity contribution < 1.29 is 23.7 Å². The van der Waals surface area contributed by atoms with E-state index in [9.17, 15) is 4.79 Å². The highest BCUT2D eigenvalue weighted by Gasteiger charge is 2.31. The van der Waals surface area contributed by atoms with Crippen LogP contribution in [0.5, 0.6) is 23.0 Å². The van der Waals surface area contributed by atoms with Crippen LogP contribution in [0.2, 0.25) is 0 Å². The Hall–Kier alpha value is -3.46. The van der Waals surface area contributed by atoms with E-state index in [4.69, 9.17) is 31.2 Å². The van der Waals surface area contributed by atoms with Crippen LogP contribution >= 0.6 is 12.2 Å². The van der Waals surface area contributed by atoms with Gasteiger partial charge in [0.15, 0.2) is 16.6 Å². The summed E-state index contributed by atoms with van der Waals surface area (Å²) in [7, 11) is 6.21. The number of amides is 1. The number of ether oxygens (including phenoxy) is 4. The molecule has 8 nitrogen and oxygen atoms in total. The largest absolute Gasteiger partial charge is 0.497 e. The third-order valence-electron chi connectivity index (χ3n) is 4.88. The van der Waals surface area contributed by atoms with E-state index in [1.54, 1.807) is 64.7 Å². The molecule has 0 unspecified atom stereocenters. The van der Waals surface area contributed by atoms with E-state index in [-0.39, 0.29) is 5.91 Å². The number of carbonyl (C=O) groups excluding carboxylic acids is 1. The van der Waals surface area contributed by atoms with Crippen LogP contribution in [0.3, 0.4) is 0 Å². The fourth-order valence-electron chi connectivity index (χ4n) is 3.39. The number of carbonyl (C=O) groups is 1. The topological polar surface area (TPSA) is 90.1 Å². The van der Waals surface area contributed by atoms with Crippen LogP contribution < -0.4 is 34.9 Å². The maximum Gasteiger partial charge on any atom is 0.255 e. The van der Waals surface area contributed by atoms with Crippen molar-refractivity contribution in [2.24, 2.45) is 0 Å². The van der Waals surface area contributed by atoms with Crippen LogP contribution in [-0.4, -0.2) is 39.5 Å². The van der Waals surface area contributed by atoms with Crippen molar-refractivity contribution in [1.82, 2.24) is 10.6 Å². The van der Waals surface area contributed by atoms with Gasteiger partial charge in [0.1, 0.15) is 5.75 Å². The summed E-state index contributed by atoms with van der Waals surface area (Å²) in [5, 5.41) is 9.53. The van der Waals surface area contributed by atoms with E-state index in [1.807, 2.05) is 0 Å². The van der Waals surface area contributed by atoms with Gasteiger partial charge in [0.25, 0.3) is 5.91 Å². The number of methoxy groups -OCH3 is 4. The molecule has 0 aromatic heterocycles. The molecule has 0 radical (unpaired) electrons. The van der Waals surface area contributed by atoms with Gasteiger partial charge in [0.05, 0.1) is 40.1 Å². The first-order chi connectivity index (χ1) is 14.9. The fraction of sp³-hybridized carbons (Fsp3) is 0.273. The molecule has 0 spiro atoms. The van der Waals surface area contributed by atoms with Crippen molar-refractivity contribution in [1.29, 1.82) is 0 Å². The molecule has 1 heterocycles. The average molecular weight is 444 g/mol. The van der Waals surface area contributed by atoms with Crippen molar-refractivity contribution >= 4 is 28.9 Å². The van der Waals surface area contributed by atoms with Gasteiger partial charge in [-0.05, 0) is 61.1 Å². The Morgan fingerprint density at radius 1 is 0.968 bits per heavy atom. The summed E-state index contributed by atoms with van der Waals surface area (Å²) in [6, 6.07) is 10.2. The lowest BCUT2D eigenvalue weighted by Crippen LogP contribution is -2.45. The van der Waals surface area contributed by atoms with Gasteiger partial charge in [0.2, 0.25) is 5.75 Å². The Balaban J connectivity index is 2.00. The average Bonchev–Trinajstić information content (AvgIpc) is 2.77. The predicted molar refractivity (Wildman–Crippen MR) is 122 cm³/mol. The van der Waals surface area contributed by atoms with E-state index in [1.165, 1.54) is 7.11 Å². The zero-order chi connectivity index (χ0) is 22.5. The molecule has 3 rings (SSSR count). The van der Waals surface area contributed by atoms with Crippen LogP contribution in [0.1, 0.15) is 18.5 Å². The standard InChI is InChI=1S/C22H25N3O5S/c1-12-18(21(26)24-14-6-8-15(27-2)9-7-14)19(25-22(31)23-12)13-10-16(28-3)20(30-5)17(11-13)29-4/h6-11,19H,1-5H3,(H,24,26)(H2,23,25,31)/t19-/m0/s1. The monoisotopic (exact) mass is 443 g/mol. The van der Waals surface area contributed by atoms with E-state index in [2.05, 4.69) is 16.0 Å². The second-order valence-electron chi connectivity index (χ2n) is 6.71. The lowest BCUT2D eigenvalue weighted by Gasteiger charge is -2.31. The molecule has 31 heavy (non-hydrogen) atoms. The number of hydrogen-bond acceptors (Lipinski definition) is 6. The van der Waals surface area contributed by atoms with Gasteiger partial charge in [-0.1, -0.05) is 0 Å². The summed E-state index contributed by atoms with van der Waals surface area (Å²) in [6.45, 7) is 1.81. The van der Waals surface area contributed by atoms with Crippen LogP contribution in [0.25, 0.3) is 0 Å². The SMILES string of the molecule is COc1ccc(NC(=O)C2=C(C)NC(=S)N[C@H]2c2cc(OC)c(OC)c(OC)c2)cc1. The zero-order valence-corrected chi connectivity index (χ0v) is 18.8. The number of hydrogen-bond donors (Lipinski definition) is 3. The Morgan fingerprint density at radius 2 is 1.58 bits per heavy atom. The molecule has 0 fully saturated rings. The van der Waals surface area contributed by atoms with Crippen molar-refractivity contribution in [3.63, 3.8) is 0 Å². The van der Waals surface area contributed by atoms with E-state index >= 15 is 0 Å². The molecule has 2 aromatic carbocycles. The first-order valence-electron chi connectivity index (χ1n) is 9.45. The highest BCUT2D eigenvalue weighted by molar-refractivity contribution is 7.80. The lowest BCUT2D eigenvalue weighted by molar-refractivity contribution is -0.113. The Labute approximate surface area is 186 Å². The summed E-state index contributed by atoms with van der Waals surface area (Å²) >= 11 is 5.34. The fourth-order valence-corrected chi connectivity index (χ4v) is 3.66. The van der Waals surface area contributed by atoms with Crippen molar-refractivity contribution in [2.45, 2.75) is 13.0 Å². The van der Waals surface area contributed by atoms with Crippen LogP contribution in [-0.2, 0) is 4.79 Å². The molecule has 0 saturated heterocycles. The van der Waals surface area contributed by atoms with E-state index in [0.29, 0.717) is 45.1 Å². The Bertz CT molecular complexity index is 995. The predicted octanol–water partition coefficient (Wildman–Crippen LogP) is 3.15. The number of nitrogens with one attached hydrogen (secondary N) is 3. The first-order valence-corrected chi connectivity index (χ1v) is 9.86. The van der Waals surface area contributed by atoms with Gasteiger partial charge in [-0.2, -0.15) is 0 Å². The summed E-state index contributed by atoms with van der Waals surface area (Å²) in [6.07, 6.45) is 0. The summed E-state index contributed by atoms with van der Waals surface area (Å²) in [4.78, 5) is 13.2. The quantitative estimate of drug-likeness (QED) is 0.563. The van der Waals surface area contributed by atoms with E-state index < -0.39 is 6.04 Å². The minimum Gasteiger partial charge on any atom is -0.497 e. The second kappa shape index (κ2) is 9.57. The Morgan fingerprint density at radius 3 is 2.10 bits per heavy atom. The van der Waals surface area contributed by atoms with Crippen LogP contribution in [0.15, 0.2) is 47.7 Å². The number of thiocarbonyl (C=S) groups is 1. The molecule has 1 aliphatic rings. The normalized spacial score (nSPS) is 15.5. The van der Waals surface area contributed by atoms with Gasteiger partial charge >= 0.3 is 0 Å². The molecule has 1 atom stereocenters. The van der Waals surface area contributed by atoms with Crippen molar-refractivity contribution in [3.8, 4) is 23.0 Å². The number of anilines is 1. The van der Waals surface area contributed by atoms with Crippen LogP contribution in [0.4, 0.5) is 5.69 Å². The third kappa shape index (κ3) is 4.66. The molecule has 0 saturated carbocycles. The van der Waals surface area contributed by atoms with Gasteiger partial charge in [-0.3, -0.25) is 4.79 Å². The lowest BCUT2D eigenvalue weighted by atomic mass is 9.94. The molecule has 1 aliphatic heterocycles. The maximum atomic E-state index is 13.2. The van der Waals surface area contributed by atoms with Gasteiger partial charge in [-0.15, -0.1) is 0 Å². The van der Waals surface area contributed by atoms with Gasteiger partial charge in [0, 0.05) is 11.4 Å². The molecular weight excluding hydrogens is 418 g/mol. The van der Waals surface area contributed by atoms with Gasteiger partial charge in [-0.25, -0.2) is 0 Å². The van der Waals surface area contributed by atoms with Gasteiger partial charge < -0.3 is 34.9 Å². The van der Waals surface area contributed by atoms with Crippen LogP contribution in [0, 0.1) is 0 Å². The van der Waals surface area contributed by atoms with Crippen molar-refractivity contribution in [3.05, 3.63) is 53.2 Å². The molecule has 164 valence electrons. The zero-order valence-electron chi connectivity index (χ0n) is 18.0. The maximum absolute atomic E-state index is 13.2. The molecular formula is C22H25N3O5S. The highest BCUT2D eigenvalue weighted by Crippen LogP contribution is 2.41. The smallest absolute Gasteiger partial charge is 0.255 e. The van der Waals surface area contributed by atoms with E-state index in [0.717, 1.165) is 5.56 Å². The molecule has 9 heteroatoms. The minimum atomic E-state index is -0.527. The molecule has 0 aliphatic carbocycles. The number of rotatable bonds is 7.